The van der Waals surface area contributed by atoms with Gasteiger partial charge in [-0.25, -0.2) is 0 Å². The van der Waals surface area contributed by atoms with E-state index >= 15 is 0 Å². The van der Waals surface area contributed by atoms with Crippen molar-refractivity contribution in [3.05, 3.63) is 29.3 Å². The van der Waals surface area contributed by atoms with Gasteiger partial charge in [0, 0.05) is 0 Å². The Hall–Kier alpha value is -1.88. The summed E-state index contributed by atoms with van der Waals surface area (Å²) < 4.78 is 5.26. The number of aryl methyl sites for hydroxylation is 1. The summed E-state index contributed by atoms with van der Waals surface area (Å²) in [4.78, 5) is 25.6. The molecule has 1 fully saturated rings. The SMILES string of the molecule is COc1cc(C)ccc1C(=O)CN1CCCC1C(N)=O. The highest BCUT2D eigenvalue weighted by atomic mass is 16.5. The predicted molar refractivity (Wildman–Crippen MR) is 75.9 cm³/mol. The van der Waals surface area contributed by atoms with Crippen LogP contribution < -0.4 is 10.5 Å². The zero-order valence-electron chi connectivity index (χ0n) is 11.9. The summed E-state index contributed by atoms with van der Waals surface area (Å²) in [5.74, 6) is 0.172. The summed E-state index contributed by atoms with van der Waals surface area (Å²) in [6.07, 6.45) is 1.62. The number of hydrogen-bond donors (Lipinski definition) is 1. The minimum Gasteiger partial charge on any atom is -0.496 e. The molecular weight excluding hydrogens is 256 g/mol. The number of ketones is 1. The summed E-state index contributed by atoms with van der Waals surface area (Å²) in [6, 6.07) is 5.16. The van der Waals surface area contributed by atoms with Gasteiger partial charge in [-0.2, -0.15) is 0 Å². The average molecular weight is 276 g/mol. The van der Waals surface area contributed by atoms with Crippen LogP contribution in [0.1, 0.15) is 28.8 Å². The smallest absolute Gasteiger partial charge is 0.234 e. The zero-order chi connectivity index (χ0) is 14.7. The van der Waals surface area contributed by atoms with Crippen LogP contribution in [0.5, 0.6) is 5.75 Å². The summed E-state index contributed by atoms with van der Waals surface area (Å²) in [6.45, 7) is 2.88. The van der Waals surface area contributed by atoms with E-state index in [1.54, 1.807) is 13.2 Å². The van der Waals surface area contributed by atoms with Crippen molar-refractivity contribution in [1.82, 2.24) is 4.90 Å². The predicted octanol–water partition coefficient (Wildman–Crippen LogP) is 1.14. The van der Waals surface area contributed by atoms with Gasteiger partial charge in [0.05, 0.1) is 25.3 Å². The molecule has 20 heavy (non-hydrogen) atoms. The Morgan fingerprint density at radius 1 is 1.45 bits per heavy atom. The van der Waals surface area contributed by atoms with Crippen molar-refractivity contribution in [3.8, 4) is 5.75 Å². The summed E-state index contributed by atoms with van der Waals surface area (Å²) in [5, 5.41) is 0. The lowest BCUT2D eigenvalue weighted by atomic mass is 10.1. The van der Waals surface area contributed by atoms with Gasteiger partial charge < -0.3 is 10.5 Å². The Kier molecular flexibility index (Phi) is 4.39. The summed E-state index contributed by atoms with van der Waals surface area (Å²) >= 11 is 0. The van der Waals surface area contributed by atoms with E-state index in [4.69, 9.17) is 10.5 Å². The molecule has 1 aliphatic heterocycles. The number of primary amides is 1. The Bertz CT molecular complexity index is 528. The molecule has 5 heteroatoms. The molecule has 0 spiro atoms. The minimum absolute atomic E-state index is 0.0463. The van der Waals surface area contributed by atoms with E-state index < -0.39 is 0 Å². The number of rotatable bonds is 5. The first kappa shape index (κ1) is 14.5. The number of nitrogens with two attached hydrogens (primary N) is 1. The number of Topliss-reactive ketones (excluding diaryl/α,β-unsaturated/α-hetero) is 1. The van der Waals surface area contributed by atoms with Crippen LogP contribution in [0.3, 0.4) is 0 Å². The third kappa shape index (κ3) is 2.99. The van der Waals surface area contributed by atoms with E-state index in [1.807, 2.05) is 24.0 Å². The molecule has 0 aromatic heterocycles. The Labute approximate surface area is 118 Å². The Morgan fingerprint density at radius 2 is 2.20 bits per heavy atom. The third-order valence-corrected chi connectivity index (χ3v) is 3.70. The van der Waals surface area contributed by atoms with Crippen molar-refractivity contribution in [3.63, 3.8) is 0 Å². The standard InChI is InChI=1S/C15H20N2O3/c1-10-5-6-11(14(8-10)20-2)13(18)9-17-7-3-4-12(17)15(16)19/h5-6,8,12H,3-4,7,9H2,1-2H3,(H2,16,19). The largest absolute Gasteiger partial charge is 0.496 e. The molecule has 1 atom stereocenters. The molecule has 0 aliphatic carbocycles. The van der Waals surface area contributed by atoms with Crippen molar-refractivity contribution in [1.29, 1.82) is 0 Å². The van der Waals surface area contributed by atoms with E-state index in [-0.39, 0.29) is 24.3 Å². The maximum absolute atomic E-state index is 12.4. The maximum atomic E-state index is 12.4. The van der Waals surface area contributed by atoms with E-state index in [2.05, 4.69) is 0 Å². The molecule has 1 aromatic carbocycles. The number of likely N-dealkylation sites (tertiary alicyclic amines) is 1. The highest BCUT2D eigenvalue weighted by Crippen LogP contribution is 2.23. The van der Waals surface area contributed by atoms with Gasteiger partial charge in [-0.05, 0) is 44.0 Å². The number of carbonyl (C=O) groups is 2. The lowest BCUT2D eigenvalue weighted by Crippen LogP contribution is -2.42. The number of methoxy groups -OCH3 is 1. The number of amides is 1. The van der Waals surface area contributed by atoms with Gasteiger partial charge in [-0.3, -0.25) is 14.5 Å². The molecule has 5 nitrogen and oxygen atoms in total. The van der Waals surface area contributed by atoms with Crippen molar-refractivity contribution in [2.75, 3.05) is 20.2 Å². The van der Waals surface area contributed by atoms with Gasteiger partial charge in [0.1, 0.15) is 5.75 Å². The normalized spacial score (nSPS) is 19.0. The number of carbonyl (C=O) groups excluding carboxylic acids is 2. The van der Waals surface area contributed by atoms with Crippen molar-refractivity contribution in [2.24, 2.45) is 5.73 Å². The highest BCUT2D eigenvalue weighted by Gasteiger charge is 2.30. The molecule has 1 heterocycles. The average Bonchev–Trinajstić information content (AvgIpc) is 2.86. The van der Waals surface area contributed by atoms with Crippen LogP contribution in [-0.4, -0.2) is 42.8 Å². The first-order valence-electron chi connectivity index (χ1n) is 6.74. The Balaban J connectivity index is 2.14. The number of ether oxygens (including phenoxy) is 1. The summed E-state index contributed by atoms with van der Waals surface area (Å²) in [5.41, 5.74) is 6.95. The van der Waals surface area contributed by atoms with Crippen LogP contribution in [0.25, 0.3) is 0 Å². The number of nitrogens with zero attached hydrogens (tertiary/aromatic N) is 1. The Morgan fingerprint density at radius 3 is 2.85 bits per heavy atom. The molecule has 108 valence electrons. The van der Waals surface area contributed by atoms with Gasteiger partial charge in [0.15, 0.2) is 5.78 Å². The van der Waals surface area contributed by atoms with Gasteiger partial charge in [-0.1, -0.05) is 6.07 Å². The number of benzene rings is 1. The second-order valence-corrected chi connectivity index (χ2v) is 5.16. The maximum Gasteiger partial charge on any atom is 0.234 e. The molecule has 1 aromatic rings. The molecule has 2 N–H and O–H groups in total. The van der Waals surface area contributed by atoms with E-state index in [9.17, 15) is 9.59 Å². The van der Waals surface area contributed by atoms with Crippen LogP contribution in [0.2, 0.25) is 0 Å². The summed E-state index contributed by atoms with van der Waals surface area (Å²) in [7, 11) is 1.55. The topological polar surface area (TPSA) is 72.6 Å². The molecule has 0 radical (unpaired) electrons. The molecule has 0 bridgehead atoms. The van der Waals surface area contributed by atoms with Crippen LogP contribution in [0.15, 0.2) is 18.2 Å². The van der Waals surface area contributed by atoms with Gasteiger partial charge >= 0.3 is 0 Å². The van der Waals surface area contributed by atoms with Crippen LogP contribution >= 0.6 is 0 Å². The van der Waals surface area contributed by atoms with Crippen LogP contribution in [0.4, 0.5) is 0 Å². The minimum atomic E-state index is -0.355. The number of hydrogen-bond acceptors (Lipinski definition) is 4. The lowest BCUT2D eigenvalue weighted by molar-refractivity contribution is -0.122. The zero-order valence-corrected chi connectivity index (χ0v) is 11.9. The molecule has 0 saturated carbocycles. The van der Waals surface area contributed by atoms with Crippen LogP contribution in [0, 0.1) is 6.92 Å². The fraction of sp³-hybridized carbons (Fsp3) is 0.467. The molecule has 1 amide bonds. The first-order chi connectivity index (χ1) is 9.52. The molecule has 2 rings (SSSR count). The molecular formula is C15H20N2O3. The molecule has 1 unspecified atom stereocenters. The fourth-order valence-corrected chi connectivity index (χ4v) is 2.64. The van der Waals surface area contributed by atoms with Gasteiger partial charge in [0.2, 0.25) is 5.91 Å². The molecule has 1 aliphatic rings. The quantitative estimate of drug-likeness (QED) is 0.818. The monoisotopic (exact) mass is 276 g/mol. The third-order valence-electron chi connectivity index (χ3n) is 3.70. The van der Waals surface area contributed by atoms with Crippen LogP contribution in [-0.2, 0) is 4.79 Å². The fourth-order valence-electron chi connectivity index (χ4n) is 2.64. The lowest BCUT2D eigenvalue weighted by Gasteiger charge is -2.21. The second kappa shape index (κ2) is 6.05. The van der Waals surface area contributed by atoms with E-state index in [0.717, 1.165) is 24.9 Å². The highest BCUT2D eigenvalue weighted by molar-refractivity contribution is 6.00. The molecule has 1 saturated heterocycles. The van der Waals surface area contributed by atoms with E-state index in [0.29, 0.717) is 11.3 Å². The van der Waals surface area contributed by atoms with Crippen molar-refractivity contribution >= 4 is 11.7 Å². The van der Waals surface area contributed by atoms with E-state index in [1.165, 1.54) is 0 Å². The van der Waals surface area contributed by atoms with Crippen molar-refractivity contribution < 1.29 is 14.3 Å². The van der Waals surface area contributed by atoms with Gasteiger partial charge in [-0.15, -0.1) is 0 Å². The van der Waals surface area contributed by atoms with Crippen molar-refractivity contribution in [2.45, 2.75) is 25.8 Å². The first-order valence-corrected chi connectivity index (χ1v) is 6.74. The van der Waals surface area contributed by atoms with Gasteiger partial charge in [0.25, 0.3) is 0 Å². The second-order valence-electron chi connectivity index (χ2n) is 5.16.